The van der Waals surface area contributed by atoms with Crippen LogP contribution in [0.1, 0.15) is 27.8 Å². The molecule has 0 aliphatic carbocycles. The molecule has 4 rings (SSSR count). The van der Waals surface area contributed by atoms with Crippen molar-refractivity contribution in [3.05, 3.63) is 53.0 Å². The molecule has 0 bridgehead atoms. The van der Waals surface area contributed by atoms with Crippen LogP contribution in [-0.4, -0.2) is 57.0 Å². The van der Waals surface area contributed by atoms with Gasteiger partial charge in [-0.3, -0.25) is 9.59 Å². The van der Waals surface area contributed by atoms with E-state index in [-0.39, 0.29) is 28.8 Å². The molecule has 0 unspecified atom stereocenters. The van der Waals surface area contributed by atoms with Crippen LogP contribution in [-0.2, 0) is 7.05 Å². The zero-order chi connectivity index (χ0) is 19.1. The Labute approximate surface area is 161 Å². The van der Waals surface area contributed by atoms with Crippen molar-refractivity contribution in [2.45, 2.75) is 13.0 Å². The summed E-state index contributed by atoms with van der Waals surface area (Å²) in [5.41, 5.74) is 1.74. The van der Waals surface area contributed by atoms with Gasteiger partial charge in [0.1, 0.15) is 0 Å². The second-order valence-corrected chi connectivity index (χ2v) is 7.20. The van der Waals surface area contributed by atoms with Crippen LogP contribution in [0.4, 0.5) is 0 Å². The van der Waals surface area contributed by atoms with E-state index in [0.29, 0.717) is 25.2 Å². The molecule has 0 saturated carbocycles. The van der Waals surface area contributed by atoms with Crippen molar-refractivity contribution in [2.75, 3.05) is 19.6 Å². The summed E-state index contributed by atoms with van der Waals surface area (Å²) in [5.74, 6) is -0.178. The summed E-state index contributed by atoms with van der Waals surface area (Å²) < 4.78 is 6.98. The summed E-state index contributed by atoms with van der Waals surface area (Å²) >= 11 is 5.73. The van der Waals surface area contributed by atoms with Crippen molar-refractivity contribution in [2.24, 2.45) is 7.05 Å². The molecule has 140 valence electrons. The van der Waals surface area contributed by atoms with Crippen molar-refractivity contribution >= 4 is 34.3 Å². The summed E-state index contributed by atoms with van der Waals surface area (Å²) in [5, 5.41) is 4.73. The maximum atomic E-state index is 12.9. The van der Waals surface area contributed by atoms with Gasteiger partial charge in [0.05, 0.1) is 0 Å². The highest BCUT2D eigenvalue weighted by Crippen LogP contribution is 2.21. The van der Waals surface area contributed by atoms with Gasteiger partial charge in [0.15, 0.2) is 5.15 Å². The van der Waals surface area contributed by atoms with Gasteiger partial charge < -0.3 is 18.9 Å². The Morgan fingerprint density at radius 3 is 2.70 bits per heavy atom. The largest absolute Gasteiger partial charge is 0.351 e. The first-order chi connectivity index (χ1) is 12.9. The standard InChI is InChI=1S/C19H19ClN4O3/c1-12-11-23(7-8-24(12)19(26)16-10-17(20)21-27-16)18(25)14-3-4-15-13(9-14)5-6-22(15)2/h3-6,9-10,12H,7-8,11H2,1-2H3/t12-/m1/s1. The molecule has 2 amide bonds. The van der Waals surface area contributed by atoms with E-state index in [4.69, 9.17) is 16.1 Å². The second-order valence-electron chi connectivity index (χ2n) is 6.81. The number of amides is 2. The fourth-order valence-corrected chi connectivity index (χ4v) is 3.67. The van der Waals surface area contributed by atoms with Crippen molar-refractivity contribution < 1.29 is 14.1 Å². The fraction of sp³-hybridized carbons (Fsp3) is 0.316. The first-order valence-electron chi connectivity index (χ1n) is 8.71. The van der Waals surface area contributed by atoms with Gasteiger partial charge in [-0.05, 0) is 31.2 Å². The summed E-state index contributed by atoms with van der Waals surface area (Å²) in [6, 6.07) is 8.98. The average molecular weight is 387 g/mol. The molecule has 1 atom stereocenters. The number of rotatable bonds is 2. The van der Waals surface area contributed by atoms with Gasteiger partial charge in [-0.1, -0.05) is 16.8 Å². The van der Waals surface area contributed by atoms with E-state index in [1.807, 2.05) is 49.0 Å². The van der Waals surface area contributed by atoms with Gasteiger partial charge in [-0.25, -0.2) is 0 Å². The van der Waals surface area contributed by atoms with Gasteiger partial charge >= 0.3 is 0 Å². The molecule has 0 radical (unpaired) electrons. The second kappa shape index (κ2) is 6.74. The summed E-state index contributed by atoms with van der Waals surface area (Å²) in [4.78, 5) is 28.9. The van der Waals surface area contributed by atoms with Crippen LogP contribution in [0, 0.1) is 0 Å². The van der Waals surface area contributed by atoms with E-state index >= 15 is 0 Å². The molecule has 3 heterocycles. The Morgan fingerprint density at radius 1 is 1.19 bits per heavy atom. The lowest BCUT2D eigenvalue weighted by Crippen LogP contribution is -2.55. The van der Waals surface area contributed by atoms with Crippen LogP contribution >= 0.6 is 11.6 Å². The highest BCUT2D eigenvalue weighted by Gasteiger charge is 2.32. The highest BCUT2D eigenvalue weighted by atomic mass is 35.5. The molecule has 1 saturated heterocycles. The third-order valence-corrected chi connectivity index (χ3v) is 5.18. The summed E-state index contributed by atoms with van der Waals surface area (Å²) in [7, 11) is 1.98. The molecule has 1 aromatic carbocycles. The number of piperazine rings is 1. The predicted octanol–water partition coefficient (Wildman–Crippen LogP) is 2.81. The smallest absolute Gasteiger partial charge is 0.292 e. The van der Waals surface area contributed by atoms with Crippen molar-refractivity contribution in [1.82, 2.24) is 19.5 Å². The first kappa shape index (κ1) is 17.6. The number of benzene rings is 1. The van der Waals surface area contributed by atoms with Gasteiger partial charge in [-0.2, -0.15) is 0 Å². The maximum absolute atomic E-state index is 12.9. The minimum absolute atomic E-state index is 0.0255. The van der Waals surface area contributed by atoms with Crippen molar-refractivity contribution in [1.29, 1.82) is 0 Å². The number of carbonyl (C=O) groups excluding carboxylic acids is 2. The van der Waals surface area contributed by atoms with Crippen molar-refractivity contribution in [3.63, 3.8) is 0 Å². The number of hydrogen-bond acceptors (Lipinski definition) is 4. The minimum Gasteiger partial charge on any atom is -0.351 e. The minimum atomic E-state index is -0.264. The summed E-state index contributed by atoms with van der Waals surface area (Å²) in [6.45, 7) is 3.26. The molecule has 2 aromatic heterocycles. The molecular weight excluding hydrogens is 368 g/mol. The van der Waals surface area contributed by atoms with Crippen LogP contribution in [0.2, 0.25) is 5.15 Å². The molecule has 27 heavy (non-hydrogen) atoms. The fourth-order valence-electron chi connectivity index (χ4n) is 3.54. The molecule has 1 aliphatic rings. The monoisotopic (exact) mass is 386 g/mol. The average Bonchev–Trinajstić information content (AvgIpc) is 3.26. The lowest BCUT2D eigenvalue weighted by molar-refractivity contribution is 0.0390. The highest BCUT2D eigenvalue weighted by molar-refractivity contribution is 6.29. The lowest BCUT2D eigenvalue weighted by atomic mass is 10.1. The van der Waals surface area contributed by atoms with Crippen LogP contribution in [0.15, 0.2) is 41.1 Å². The zero-order valence-electron chi connectivity index (χ0n) is 15.1. The Balaban J connectivity index is 1.48. The van der Waals surface area contributed by atoms with E-state index < -0.39 is 0 Å². The number of carbonyl (C=O) groups is 2. The molecule has 0 spiro atoms. The molecule has 8 heteroatoms. The molecule has 7 nitrogen and oxygen atoms in total. The van der Waals surface area contributed by atoms with E-state index in [0.717, 1.165) is 10.9 Å². The zero-order valence-corrected chi connectivity index (χ0v) is 15.8. The predicted molar refractivity (Wildman–Crippen MR) is 101 cm³/mol. The Hall–Kier alpha value is -2.80. The maximum Gasteiger partial charge on any atom is 0.292 e. The number of fused-ring (bicyclic) bond motifs is 1. The number of hydrogen-bond donors (Lipinski definition) is 0. The van der Waals surface area contributed by atoms with Crippen LogP contribution in [0.25, 0.3) is 10.9 Å². The first-order valence-corrected chi connectivity index (χ1v) is 9.09. The quantitative estimate of drug-likeness (QED) is 0.679. The SMILES string of the molecule is C[C@@H]1CN(C(=O)c2ccc3c(ccn3C)c2)CCN1C(=O)c1cc(Cl)no1. The van der Waals surface area contributed by atoms with E-state index in [2.05, 4.69) is 5.16 Å². The van der Waals surface area contributed by atoms with E-state index in [1.165, 1.54) is 6.07 Å². The topological polar surface area (TPSA) is 71.6 Å². The van der Waals surface area contributed by atoms with Gasteiger partial charge in [0, 0.05) is 61.5 Å². The Kier molecular flexibility index (Phi) is 4.39. The van der Waals surface area contributed by atoms with Gasteiger partial charge in [-0.15, -0.1) is 0 Å². The van der Waals surface area contributed by atoms with Crippen LogP contribution in [0.3, 0.4) is 0 Å². The number of halogens is 1. The third-order valence-electron chi connectivity index (χ3n) is 5.00. The van der Waals surface area contributed by atoms with Gasteiger partial charge in [0.2, 0.25) is 5.76 Å². The van der Waals surface area contributed by atoms with Crippen molar-refractivity contribution in [3.8, 4) is 0 Å². The van der Waals surface area contributed by atoms with Crippen LogP contribution < -0.4 is 0 Å². The van der Waals surface area contributed by atoms with E-state index in [9.17, 15) is 9.59 Å². The summed E-state index contributed by atoms with van der Waals surface area (Å²) in [6.07, 6.45) is 1.97. The lowest BCUT2D eigenvalue weighted by Gasteiger charge is -2.39. The molecular formula is C19H19ClN4O3. The van der Waals surface area contributed by atoms with Gasteiger partial charge in [0.25, 0.3) is 11.8 Å². The molecule has 3 aromatic rings. The number of aryl methyl sites for hydroxylation is 1. The molecule has 1 fully saturated rings. The normalized spacial score (nSPS) is 17.5. The Bertz CT molecular complexity index is 1030. The van der Waals surface area contributed by atoms with E-state index in [1.54, 1.807) is 9.80 Å². The Morgan fingerprint density at radius 2 is 2.00 bits per heavy atom. The third kappa shape index (κ3) is 3.19. The molecule has 1 aliphatic heterocycles. The van der Waals surface area contributed by atoms with Crippen LogP contribution in [0.5, 0.6) is 0 Å². The molecule has 0 N–H and O–H groups in total. The number of nitrogens with zero attached hydrogens (tertiary/aromatic N) is 4. The number of aromatic nitrogens is 2.